The lowest BCUT2D eigenvalue weighted by molar-refractivity contribution is 0.483. The van der Waals surface area contributed by atoms with Gasteiger partial charge in [-0.3, -0.25) is 4.55 Å². The van der Waals surface area contributed by atoms with E-state index in [4.69, 9.17) is 5.14 Å². The second-order valence-electron chi connectivity index (χ2n) is 6.88. The van der Waals surface area contributed by atoms with Gasteiger partial charge in [0, 0.05) is 16.5 Å². The van der Waals surface area contributed by atoms with Crippen LogP contribution in [-0.2, 0) is 31.2 Å². The van der Waals surface area contributed by atoms with E-state index in [2.05, 4.69) is 9.97 Å². The monoisotopic (exact) mass is 477 g/mol. The summed E-state index contributed by atoms with van der Waals surface area (Å²) in [6, 6.07) is 9.18. The van der Waals surface area contributed by atoms with Gasteiger partial charge in [-0.25, -0.2) is 27.7 Å². The van der Waals surface area contributed by atoms with E-state index in [1.54, 1.807) is 0 Å². The van der Waals surface area contributed by atoms with Gasteiger partial charge < -0.3 is 4.55 Å². The van der Waals surface area contributed by atoms with E-state index in [0.29, 0.717) is 33.1 Å². The number of rotatable bonds is 3. The van der Waals surface area contributed by atoms with Gasteiger partial charge in [-0.15, -0.1) is 0 Å². The van der Waals surface area contributed by atoms with Gasteiger partial charge in [0.1, 0.15) is 0 Å². The summed E-state index contributed by atoms with van der Waals surface area (Å²) in [6.07, 6.45) is 0. The molecule has 0 fully saturated rings. The lowest BCUT2D eigenvalue weighted by atomic mass is 10.0. The first-order valence-corrected chi connectivity index (χ1v) is 12.6. The predicted octanol–water partition coefficient (Wildman–Crippen LogP) is 1.91. The molecule has 0 amide bonds. The summed E-state index contributed by atoms with van der Waals surface area (Å²) >= 11 is -2.34. The van der Waals surface area contributed by atoms with Crippen LogP contribution in [-0.4, -0.2) is 40.1 Å². The molecule has 0 saturated heterocycles. The molecular formula is C18H11N3O7S3. The standard InChI is InChI=1S/C18H11N3O7S3/c19-30(24,25)11-4-8-3-9(29(22)23)5-12-16(8)13(6-11)18-17(12)20-14-2-1-10(31(26,27)28)7-15(14)21-18/h1-7H,(H,22,23)(H2,19,24,25)(H,26,27,28). The van der Waals surface area contributed by atoms with E-state index in [9.17, 15) is 30.1 Å². The maximum absolute atomic E-state index is 12.0. The maximum Gasteiger partial charge on any atom is 0.294 e. The maximum atomic E-state index is 12.0. The van der Waals surface area contributed by atoms with E-state index >= 15 is 0 Å². The summed E-state index contributed by atoms with van der Waals surface area (Å²) in [7, 11) is -8.58. The number of sulfonamides is 1. The first kappa shape index (κ1) is 20.1. The van der Waals surface area contributed by atoms with Crippen molar-refractivity contribution in [2.75, 3.05) is 0 Å². The van der Waals surface area contributed by atoms with Gasteiger partial charge in [0.25, 0.3) is 10.1 Å². The molecule has 1 atom stereocenters. The molecule has 4 aromatic rings. The SMILES string of the molecule is NS(=O)(=O)c1cc2c3c(cc(S(=O)O)cc3c1)-c1nc3ccc(S(=O)(=O)O)cc3nc1-2. The van der Waals surface area contributed by atoms with Crippen molar-refractivity contribution in [3.63, 3.8) is 0 Å². The first-order valence-electron chi connectivity index (χ1n) is 8.49. The largest absolute Gasteiger partial charge is 0.302 e. The number of primary sulfonamides is 1. The van der Waals surface area contributed by atoms with Crippen molar-refractivity contribution in [1.82, 2.24) is 9.97 Å². The number of fused-ring (bicyclic) bond motifs is 4. The lowest BCUT2D eigenvalue weighted by Crippen LogP contribution is -2.12. The van der Waals surface area contributed by atoms with E-state index in [1.165, 1.54) is 36.4 Å². The molecule has 1 heterocycles. The fourth-order valence-electron chi connectivity index (χ4n) is 3.67. The lowest BCUT2D eigenvalue weighted by Gasteiger charge is -2.07. The molecule has 31 heavy (non-hydrogen) atoms. The van der Waals surface area contributed by atoms with E-state index < -0.39 is 31.2 Å². The van der Waals surface area contributed by atoms with Crippen LogP contribution in [0.25, 0.3) is 44.3 Å². The highest BCUT2D eigenvalue weighted by atomic mass is 32.2. The Balaban J connectivity index is 1.92. The molecule has 5 rings (SSSR count). The summed E-state index contributed by atoms with van der Waals surface area (Å²) in [5, 5.41) is 6.23. The average Bonchev–Trinajstić information content (AvgIpc) is 2.98. The molecule has 1 unspecified atom stereocenters. The summed E-state index contributed by atoms with van der Waals surface area (Å²) < 4.78 is 77.6. The van der Waals surface area contributed by atoms with Crippen LogP contribution < -0.4 is 5.14 Å². The van der Waals surface area contributed by atoms with E-state index in [0.717, 1.165) is 6.07 Å². The van der Waals surface area contributed by atoms with Crippen molar-refractivity contribution in [2.24, 2.45) is 5.14 Å². The molecule has 13 heteroatoms. The summed E-state index contributed by atoms with van der Waals surface area (Å²) in [5.74, 6) is 0. The van der Waals surface area contributed by atoms with Crippen molar-refractivity contribution < 1.29 is 30.1 Å². The third-order valence-corrected chi connectivity index (χ3v) is 7.35. The third kappa shape index (κ3) is 3.13. The van der Waals surface area contributed by atoms with Gasteiger partial charge in [-0.2, -0.15) is 8.42 Å². The number of hydrogen-bond donors (Lipinski definition) is 3. The normalized spacial score (nSPS) is 14.2. The van der Waals surface area contributed by atoms with Gasteiger partial charge in [-0.05, 0) is 47.9 Å². The smallest absolute Gasteiger partial charge is 0.294 e. The van der Waals surface area contributed by atoms with E-state index in [1.807, 2.05) is 0 Å². The van der Waals surface area contributed by atoms with Crippen molar-refractivity contribution in [1.29, 1.82) is 0 Å². The molecule has 158 valence electrons. The number of aromatic nitrogens is 2. The van der Waals surface area contributed by atoms with Crippen LogP contribution in [0.5, 0.6) is 0 Å². The first-order chi connectivity index (χ1) is 14.4. The molecule has 0 spiro atoms. The fraction of sp³-hybridized carbons (Fsp3) is 0. The van der Waals surface area contributed by atoms with E-state index in [-0.39, 0.29) is 25.9 Å². The van der Waals surface area contributed by atoms with Gasteiger partial charge in [0.2, 0.25) is 10.0 Å². The fourth-order valence-corrected chi connectivity index (χ4v) is 5.19. The molecule has 4 N–H and O–H groups in total. The van der Waals surface area contributed by atoms with Crippen LogP contribution in [0.4, 0.5) is 0 Å². The number of benzene rings is 3. The van der Waals surface area contributed by atoms with Crippen molar-refractivity contribution in [2.45, 2.75) is 14.7 Å². The Bertz CT molecular complexity index is 1720. The Hall–Kier alpha value is -2.81. The van der Waals surface area contributed by atoms with Crippen LogP contribution in [0, 0.1) is 0 Å². The molecule has 3 aromatic carbocycles. The van der Waals surface area contributed by atoms with Gasteiger partial charge in [0.05, 0.1) is 37.1 Å². The topological polar surface area (TPSA) is 178 Å². The minimum atomic E-state index is -4.47. The highest BCUT2D eigenvalue weighted by Gasteiger charge is 2.28. The highest BCUT2D eigenvalue weighted by Crippen LogP contribution is 2.47. The summed E-state index contributed by atoms with van der Waals surface area (Å²) in [4.78, 5) is 8.42. The zero-order valence-electron chi connectivity index (χ0n) is 15.2. The number of nitrogens with two attached hydrogens (primary N) is 1. The molecule has 0 radical (unpaired) electrons. The van der Waals surface area contributed by atoms with Gasteiger partial charge >= 0.3 is 0 Å². The quantitative estimate of drug-likeness (QED) is 0.258. The van der Waals surface area contributed by atoms with Crippen molar-refractivity contribution >= 4 is 53.0 Å². The summed E-state index contributed by atoms with van der Waals surface area (Å²) in [6.45, 7) is 0. The Morgan fingerprint density at radius 2 is 1.48 bits per heavy atom. The molecular weight excluding hydrogens is 466 g/mol. The van der Waals surface area contributed by atoms with Crippen LogP contribution in [0.2, 0.25) is 0 Å². The Labute approximate surface area is 177 Å². The van der Waals surface area contributed by atoms with Crippen molar-refractivity contribution in [3.05, 3.63) is 42.5 Å². The minimum absolute atomic E-state index is 0.0384. The molecule has 1 aliphatic rings. The molecule has 0 saturated carbocycles. The van der Waals surface area contributed by atoms with Gasteiger partial charge in [0.15, 0.2) is 11.1 Å². The van der Waals surface area contributed by atoms with Crippen LogP contribution in [0.3, 0.4) is 0 Å². The summed E-state index contributed by atoms with van der Waals surface area (Å²) in [5.41, 5.74) is 1.93. The molecule has 1 aromatic heterocycles. The van der Waals surface area contributed by atoms with Crippen LogP contribution >= 0.6 is 0 Å². The van der Waals surface area contributed by atoms with Gasteiger partial charge in [-0.1, -0.05) is 0 Å². The molecule has 1 aliphatic carbocycles. The Morgan fingerprint density at radius 1 is 0.839 bits per heavy atom. The Kier molecular flexibility index (Phi) is 4.12. The van der Waals surface area contributed by atoms with Crippen LogP contribution in [0.15, 0.2) is 57.2 Å². The number of hydrogen-bond acceptors (Lipinski definition) is 7. The second kappa shape index (κ2) is 6.35. The number of nitrogens with zero attached hydrogens (tertiary/aromatic N) is 2. The molecule has 10 nitrogen and oxygen atoms in total. The Morgan fingerprint density at radius 3 is 2.10 bits per heavy atom. The highest BCUT2D eigenvalue weighted by molar-refractivity contribution is 7.89. The zero-order chi connectivity index (χ0) is 22.3. The van der Waals surface area contributed by atoms with Crippen LogP contribution in [0.1, 0.15) is 0 Å². The zero-order valence-corrected chi connectivity index (χ0v) is 17.6. The second-order valence-corrected chi connectivity index (χ2v) is 10.8. The predicted molar refractivity (Wildman–Crippen MR) is 112 cm³/mol. The average molecular weight is 478 g/mol. The molecule has 0 aliphatic heterocycles. The minimum Gasteiger partial charge on any atom is -0.302 e. The third-order valence-electron chi connectivity index (χ3n) is 4.97. The van der Waals surface area contributed by atoms with Crippen molar-refractivity contribution in [3.8, 4) is 22.5 Å². The molecule has 0 bridgehead atoms.